The van der Waals surface area contributed by atoms with Crippen molar-refractivity contribution in [3.63, 3.8) is 0 Å². The Balaban J connectivity index is 1.68. The van der Waals surface area contributed by atoms with E-state index >= 15 is 0 Å². The molecule has 3 aromatic rings. The Morgan fingerprint density at radius 3 is 2.48 bits per heavy atom. The fourth-order valence-electron chi connectivity index (χ4n) is 3.13. The summed E-state index contributed by atoms with van der Waals surface area (Å²) in [5, 5.41) is 2.74. The van der Waals surface area contributed by atoms with E-state index in [-0.39, 0.29) is 5.57 Å². The Bertz CT molecular complexity index is 1280. The molecule has 0 saturated carbocycles. The molecule has 8 heteroatoms. The van der Waals surface area contributed by atoms with Gasteiger partial charge >= 0.3 is 6.03 Å². The molecule has 0 atom stereocenters. The molecule has 0 radical (unpaired) electrons. The minimum atomic E-state index is -0.792. The summed E-state index contributed by atoms with van der Waals surface area (Å²) in [5.74, 6) is -0.685. The zero-order valence-electron chi connectivity index (χ0n) is 16.5. The maximum atomic E-state index is 13.0. The molecule has 1 fully saturated rings. The fraction of sp³-hybridized carbons (Fsp3) is 0.0870. The summed E-state index contributed by atoms with van der Waals surface area (Å²) < 4.78 is 6.54. The molecule has 4 rings (SSSR count). The number of hydrogen-bond acceptors (Lipinski definition) is 4. The van der Waals surface area contributed by atoms with Gasteiger partial charge in [0.1, 0.15) is 17.1 Å². The van der Waals surface area contributed by atoms with Crippen LogP contribution >= 0.6 is 27.5 Å². The van der Waals surface area contributed by atoms with Crippen LogP contribution in [0.1, 0.15) is 16.9 Å². The molecule has 1 saturated heterocycles. The van der Waals surface area contributed by atoms with Crippen LogP contribution in [0.5, 0.6) is 0 Å². The number of urea groups is 1. The van der Waals surface area contributed by atoms with Gasteiger partial charge in [0, 0.05) is 10.0 Å². The van der Waals surface area contributed by atoms with Crippen molar-refractivity contribution in [2.75, 3.05) is 4.90 Å². The second-order valence-corrected chi connectivity index (χ2v) is 8.32. The number of amides is 4. The lowest BCUT2D eigenvalue weighted by Crippen LogP contribution is -2.54. The van der Waals surface area contributed by atoms with Crippen molar-refractivity contribution < 1.29 is 18.8 Å². The summed E-state index contributed by atoms with van der Waals surface area (Å²) in [7, 11) is 0. The molecule has 0 bridgehead atoms. The number of aryl methyl sites for hydroxylation is 2. The molecule has 1 aromatic heterocycles. The molecule has 1 aliphatic heterocycles. The lowest BCUT2D eigenvalue weighted by atomic mass is 10.1. The van der Waals surface area contributed by atoms with E-state index in [1.165, 1.54) is 6.08 Å². The van der Waals surface area contributed by atoms with Crippen molar-refractivity contribution in [2.24, 2.45) is 0 Å². The molecule has 0 spiro atoms. The van der Waals surface area contributed by atoms with Gasteiger partial charge in [0.15, 0.2) is 0 Å². The highest BCUT2D eigenvalue weighted by atomic mass is 79.9. The molecule has 0 aliphatic carbocycles. The van der Waals surface area contributed by atoms with E-state index in [2.05, 4.69) is 21.2 Å². The van der Waals surface area contributed by atoms with Gasteiger partial charge in [-0.15, -0.1) is 0 Å². The van der Waals surface area contributed by atoms with Crippen LogP contribution in [0, 0.1) is 13.8 Å². The van der Waals surface area contributed by atoms with E-state index in [1.54, 1.807) is 36.4 Å². The van der Waals surface area contributed by atoms with Crippen LogP contribution in [0.3, 0.4) is 0 Å². The first-order chi connectivity index (χ1) is 14.7. The lowest BCUT2D eigenvalue weighted by molar-refractivity contribution is -0.122. The van der Waals surface area contributed by atoms with Gasteiger partial charge in [-0.05, 0) is 83.4 Å². The summed E-state index contributed by atoms with van der Waals surface area (Å²) in [4.78, 5) is 38.7. The number of nitrogens with zero attached hydrogens (tertiary/aromatic N) is 1. The summed E-state index contributed by atoms with van der Waals surface area (Å²) in [6.45, 7) is 3.81. The molecule has 0 unspecified atom stereocenters. The van der Waals surface area contributed by atoms with Gasteiger partial charge < -0.3 is 4.42 Å². The Kier molecular flexibility index (Phi) is 5.56. The number of carbonyl (C=O) groups is 3. The monoisotopic (exact) mass is 498 g/mol. The number of furan rings is 1. The van der Waals surface area contributed by atoms with E-state index in [4.69, 9.17) is 16.0 Å². The number of hydrogen-bond donors (Lipinski definition) is 1. The van der Waals surface area contributed by atoms with E-state index in [9.17, 15) is 14.4 Å². The highest BCUT2D eigenvalue weighted by Crippen LogP contribution is 2.31. The zero-order chi connectivity index (χ0) is 22.3. The molecule has 2 aromatic carbocycles. The third kappa shape index (κ3) is 4.06. The summed E-state index contributed by atoms with van der Waals surface area (Å²) in [6.07, 6.45) is 1.32. The van der Waals surface area contributed by atoms with E-state index in [0.717, 1.165) is 26.1 Å². The highest BCUT2D eigenvalue weighted by Gasteiger charge is 2.37. The third-order valence-electron chi connectivity index (χ3n) is 4.97. The Hall–Kier alpha value is -3.16. The van der Waals surface area contributed by atoms with Gasteiger partial charge in [-0.25, -0.2) is 9.69 Å². The smallest absolute Gasteiger partial charge is 0.335 e. The second-order valence-electron chi connectivity index (χ2n) is 7.06. The second kappa shape index (κ2) is 8.17. The molecule has 4 amide bonds. The van der Waals surface area contributed by atoms with Crippen LogP contribution < -0.4 is 10.2 Å². The van der Waals surface area contributed by atoms with E-state index in [1.807, 2.05) is 26.0 Å². The first-order valence-corrected chi connectivity index (χ1v) is 10.5. The maximum absolute atomic E-state index is 13.0. The average Bonchev–Trinajstić information content (AvgIpc) is 3.18. The highest BCUT2D eigenvalue weighted by molar-refractivity contribution is 9.10. The van der Waals surface area contributed by atoms with E-state index in [0.29, 0.717) is 22.2 Å². The largest absolute Gasteiger partial charge is 0.457 e. The van der Waals surface area contributed by atoms with Crippen molar-refractivity contribution in [2.45, 2.75) is 13.8 Å². The Morgan fingerprint density at radius 2 is 1.77 bits per heavy atom. The normalized spacial score (nSPS) is 15.5. The Morgan fingerprint density at radius 1 is 1.00 bits per heavy atom. The summed E-state index contributed by atoms with van der Waals surface area (Å²) in [5.41, 5.74) is 2.87. The van der Waals surface area contributed by atoms with Gasteiger partial charge in [0.25, 0.3) is 11.8 Å². The van der Waals surface area contributed by atoms with Crippen LogP contribution in [0.4, 0.5) is 10.5 Å². The minimum Gasteiger partial charge on any atom is -0.457 e. The van der Waals surface area contributed by atoms with Gasteiger partial charge in [-0.2, -0.15) is 0 Å². The minimum absolute atomic E-state index is 0.201. The molecule has 1 N–H and O–H groups in total. The van der Waals surface area contributed by atoms with Crippen molar-refractivity contribution in [3.05, 3.63) is 80.5 Å². The zero-order valence-corrected chi connectivity index (χ0v) is 18.9. The average molecular weight is 500 g/mol. The third-order valence-corrected chi connectivity index (χ3v) is 6.20. The van der Waals surface area contributed by atoms with Crippen molar-refractivity contribution in [3.8, 4) is 11.3 Å². The summed E-state index contributed by atoms with van der Waals surface area (Å²) >= 11 is 9.48. The van der Waals surface area contributed by atoms with Crippen molar-refractivity contribution in [1.82, 2.24) is 5.32 Å². The molecule has 2 heterocycles. The maximum Gasteiger partial charge on any atom is 0.335 e. The van der Waals surface area contributed by atoms with Gasteiger partial charge in [-0.3, -0.25) is 14.9 Å². The van der Waals surface area contributed by atoms with Crippen molar-refractivity contribution >= 4 is 57.1 Å². The van der Waals surface area contributed by atoms with Gasteiger partial charge in [-0.1, -0.05) is 23.7 Å². The predicted octanol–water partition coefficient (Wildman–Crippen LogP) is 5.65. The van der Waals surface area contributed by atoms with Gasteiger partial charge in [0.05, 0.1) is 10.7 Å². The lowest BCUT2D eigenvalue weighted by Gasteiger charge is -2.26. The van der Waals surface area contributed by atoms with Crippen LogP contribution in [0.15, 0.2) is 63.0 Å². The van der Waals surface area contributed by atoms with Crippen molar-refractivity contribution in [1.29, 1.82) is 0 Å². The molecular formula is C23H16BrClN2O4. The topological polar surface area (TPSA) is 79.6 Å². The van der Waals surface area contributed by atoms with Gasteiger partial charge in [0.2, 0.25) is 0 Å². The molecule has 1 aliphatic rings. The number of imide groups is 2. The van der Waals surface area contributed by atoms with Crippen LogP contribution in [0.25, 0.3) is 17.4 Å². The number of rotatable bonds is 3. The molecule has 156 valence electrons. The van der Waals surface area contributed by atoms with Crippen LogP contribution in [0.2, 0.25) is 5.02 Å². The number of barbiturate groups is 1. The first kappa shape index (κ1) is 21.1. The molecule has 6 nitrogen and oxygen atoms in total. The van der Waals surface area contributed by atoms with E-state index < -0.39 is 17.8 Å². The molecular weight excluding hydrogens is 484 g/mol. The summed E-state index contributed by atoms with van der Waals surface area (Å²) in [6, 6.07) is 13.1. The standard InChI is InChI=1S/C23H16BrClN2O4/c1-12-3-5-15(9-13(12)2)27-22(29)17(21(28)26-23(27)30)11-16-6-8-20(31-16)14-4-7-18(24)19(25)10-14/h3-11H,1-2H3,(H,26,28,30)/b17-11+. The number of benzene rings is 2. The molecule has 31 heavy (non-hydrogen) atoms. The number of anilines is 1. The number of nitrogens with one attached hydrogen (secondary N) is 1. The van der Waals surface area contributed by atoms with Crippen LogP contribution in [-0.2, 0) is 9.59 Å². The Labute approximate surface area is 191 Å². The van der Waals surface area contributed by atoms with Crippen LogP contribution in [-0.4, -0.2) is 17.8 Å². The number of halogens is 2. The quantitative estimate of drug-likeness (QED) is 0.373. The fourth-order valence-corrected chi connectivity index (χ4v) is 3.56. The number of carbonyl (C=O) groups excluding carboxylic acids is 3. The first-order valence-electron chi connectivity index (χ1n) is 9.28. The predicted molar refractivity (Wildman–Crippen MR) is 122 cm³/mol. The SMILES string of the molecule is Cc1ccc(N2C(=O)NC(=O)/C(=C\c3ccc(-c4ccc(Br)c(Cl)c4)o3)C2=O)cc1C.